The predicted molar refractivity (Wildman–Crippen MR) is 51.8 cm³/mol. The number of carbonyl (C=O) groups excluding carboxylic acids is 1. The predicted octanol–water partition coefficient (Wildman–Crippen LogP) is 0.613. The van der Waals surface area contributed by atoms with Crippen LogP contribution in [-0.4, -0.2) is 35.0 Å². The van der Waals surface area contributed by atoms with E-state index in [4.69, 9.17) is 10.4 Å². The summed E-state index contributed by atoms with van der Waals surface area (Å²) in [5, 5.41) is 17.1. The highest BCUT2D eigenvalue weighted by atomic mass is 16.4. The maximum absolute atomic E-state index is 11.4. The van der Waals surface area contributed by atoms with Gasteiger partial charge in [0.25, 0.3) is 0 Å². The Bertz CT molecular complexity index is 296. The zero-order valence-electron chi connectivity index (χ0n) is 8.48. The van der Waals surface area contributed by atoms with E-state index in [0.29, 0.717) is 19.5 Å². The molecule has 0 spiro atoms. The van der Waals surface area contributed by atoms with E-state index < -0.39 is 11.9 Å². The van der Waals surface area contributed by atoms with Crippen LogP contribution in [0.25, 0.3) is 0 Å². The molecule has 1 rings (SSSR count). The standard InChI is InChI=1S/C10H14N2O3/c11-4-2-1-3-5-12-7-8(10(14)15)6-9(12)13/h8H,1-3,5-7H2,(H,14,15). The lowest BCUT2D eigenvalue weighted by molar-refractivity contribution is -0.141. The third-order valence-corrected chi connectivity index (χ3v) is 2.53. The van der Waals surface area contributed by atoms with Crippen LogP contribution in [0.4, 0.5) is 0 Å². The molecule has 0 bridgehead atoms. The molecule has 0 aromatic carbocycles. The Labute approximate surface area is 88.3 Å². The minimum absolute atomic E-state index is 0.0839. The molecule has 0 aromatic rings. The molecule has 0 saturated carbocycles. The van der Waals surface area contributed by atoms with E-state index >= 15 is 0 Å². The van der Waals surface area contributed by atoms with Crippen LogP contribution in [-0.2, 0) is 9.59 Å². The van der Waals surface area contributed by atoms with Gasteiger partial charge in [0, 0.05) is 25.9 Å². The zero-order valence-corrected chi connectivity index (χ0v) is 8.48. The molecule has 1 aliphatic rings. The van der Waals surface area contributed by atoms with Crippen LogP contribution < -0.4 is 0 Å². The Morgan fingerprint density at radius 2 is 2.33 bits per heavy atom. The van der Waals surface area contributed by atoms with Crippen molar-refractivity contribution in [3.8, 4) is 6.07 Å². The summed E-state index contributed by atoms with van der Waals surface area (Å²) in [4.78, 5) is 23.6. The summed E-state index contributed by atoms with van der Waals surface area (Å²) in [5.74, 6) is -1.53. The average Bonchev–Trinajstić information content (AvgIpc) is 2.55. The average molecular weight is 210 g/mol. The fourth-order valence-electron chi connectivity index (χ4n) is 1.66. The molecule has 82 valence electrons. The van der Waals surface area contributed by atoms with Crippen LogP contribution in [0, 0.1) is 17.2 Å². The molecule has 15 heavy (non-hydrogen) atoms. The molecular weight excluding hydrogens is 196 g/mol. The molecule has 1 unspecified atom stereocenters. The second-order valence-electron chi connectivity index (χ2n) is 3.69. The summed E-state index contributed by atoms with van der Waals surface area (Å²) in [7, 11) is 0. The van der Waals surface area contributed by atoms with E-state index in [1.807, 2.05) is 6.07 Å². The second kappa shape index (κ2) is 5.35. The van der Waals surface area contributed by atoms with Gasteiger partial charge in [0.15, 0.2) is 0 Å². The van der Waals surface area contributed by atoms with Gasteiger partial charge < -0.3 is 10.0 Å². The molecule has 1 amide bonds. The summed E-state index contributed by atoms with van der Waals surface area (Å²) < 4.78 is 0. The van der Waals surface area contributed by atoms with Crippen molar-refractivity contribution in [3.05, 3.63) is 0 Å². The van der Waals surface area contributed by atoms with Crippen molar-refractivity contribution >= 4 is 11.9 Å². The van der Waals surface area contributed by atoms with Crippen molar-refractivity contribution < 1.29 is 14.7 Å². The highest BCUT2D eigenvalue weighted by Crippen LogP contribution is 2.18. The molecule has 1 heterocycles. The number of unbranched alkanes of at least 4 members (excludes halogenated alkanes) is 2. The minimum atomic E-state index is -0.900. The molecule has 5 heteroatoms. The number of rotatable bonds is 5. The molecule has 1 aliphatic heterocycles. The Morgan fingerprint density at radius 3 is 2.87 bits per heavy atom. The Hall–Kier alpha value is -1.57. The molecule has 1 fully saturated rings. The lowest BCUT2D eigenvalue weighted by Gasteiger charge is -2.14. The number of likely N-dealkylation sites (tertiary alicyclic amines) is 1. The maximum Gasteiger partial charge on any atom is 0.308 e. The molecule has 1 N–H and O–H groups in total. The number of carboxylic acid groups (broad SMARTS) is 1. The first-order chi connectivity index (χ1) is 7.15. The number of aliphatic carboxylic acids is 1. The summed E-state index contributed by atoms with van der Waals surface area (Å²) >= 11 is 0. The van der Waals surface area contributed by atoms with Gasteiger partial charge in [-0.25, -0.2) is 0 Å². The van der Waals surface area contributed by atoms with Crippen molar-refractivity contribution in [2.24, 2.45) is 5.92 Å². The Kier molecular flexibility index (Phi) is 4.10. The number of hydrogen-bond donors (Lipinski definition) is 1. The van der Waals surface area contributed by atoms with Gasteiger partial charge in [-0.3, -0.25) is 9.59 Å². The second-order valence-corrected chi connectivity index (χ2v) is 3.69. The van der Waals surface area contributed by atoms with Gasteiger partial charge in [0.2, 0.25) is 5.91 Å². The number of hydrogen-bond acceptors (Lipinski definition) is 3. The fourth-order valence-corrected chi connectivity index (χ4v) is 1.66. The number of carbonyl (C=O) groups is 2. The number of carboxylic acids is 1. The SMILES string of the molecule is N#CCCCCN1CC(C(=O)O)CC1=O. The quantitative estimate of drug-likeness (QED) is 0.674. The molecule has 1 atom stereocenters. The Morgan fingerprint density at radius 1 is 1.60 bits per heavy atom. The third kappa shape index (κ3) is 3.24. The van der Waals surface area contributed by atoms with Gasteiger partial charge in [-0.1, -0.05) is 0 Å². The largest absolute Gasteiger partial charge is 0.481 e. The van der Waals surface area contributed by atoms with Gasteiger partial charge in [-0.05, 0) is 12.8 Å². The van der Waals surface area contributed by atoms with Gasteiger partial charge in [0.1, 0.15) is 0 Å². The molecular formula is C10H14N2O3. The first kappa shape index (κ1) is 11.5. The zero-order chi connectivity index (χ0) is 11.3. The summed E-state index contributed by atoms with van der Waals surface area (Å²) in [5.41, 5.74) is 0. The minimum Gasteiger partial charge on any atom is -0.481 e. The van der Waals surface area contributed by atoms with Gasteiger partial charge in [-0.15, -0.1) is 0 Å². The van der Waals surface area contributed by atoms with Crippen LogP contribution in [0.2, 0.25) is 0 Å². The first-order valence-corrected chi connectivity index (χ1v) is 5.02. The van der Waals surface area contributed by atoms with Crippen LogP contribution in [0.1, 0.15) is 25.7 Å². The van der Waals surface area contributed by atoms with E-state index in [1.54, 1.807) is 4.90 Å². The smallest absolute Gasteiger partial charge is 0.308 e. The van der Waals surface area contributed by atoms with Crippen LogP contribution in [0.3, 0.4) is 0 Å². The molecule has 5 nitrogen and oxygen atoms in total. The third-order valence-electron chi connectivity index (χ3n) is 2.53. The summed E-state index contributed by atoms with van der Waals surface area (Å²) in [6.45, 7) is 0.894. The fraction of sp³-hybridized carbons (Fsp3) is 0.700. The lowest BCUT2D eigenvalue weighted by Crippen LogP contribution is -2.27. The van der Waals surface area contributed by atoms with Gasteiger partial charge in [0.05, 0.1) is 12.0 Å². The maximum atomic E-state index is 11.4. The van der Waals surface area contributed by atoms with Crippen LogP contribution >= 0.6 is 0 Å². The number of nitriles is 1. The van der Waals surface area contributed by atoms with Crippen molar-refractivity contribution in [2.45, 2.75) is 25.7 Å². The molecule has 1 saturated heterocycles. The van der Waals surface area contributed by atoms with Crippen molar-refractivity contribution in [1.82, 2.24) is 4.90 Å². The van der Waals surface area contributed by atoms with Crippen LogP contribution in [0.5, 0.6) is 0 Å². The van der Waals surface area contributed by atoms with Gasteiger partial charge in [-0.2, -0.15) is 5.26 Å². The van der Waals surface area contributed by atoms with Crippen molar-refractivity contribution in [2.75, 3.05) is 13.1 Å². The first-order valence-electron chi connectivity index (χ1n) is 5.02. The van der Waals surface area contributed by atoms with Crippen molar-refractivity contribution in [3.63, 3.8) is 0 Å². The lowest BCUT2D eigenvalue weighted by atomic mass is 10.1. The molecule has 0 aromatic heterocycles. The normalized spacial score (nSPS) is 20.3. The summed E-state index contributed by atoms with van der Waals surface area (Å²) in [6, 6.07) is 2.03. The number of amides is 1. The molecule has 0 aliphatic carbocycles. The van der Waals surface area contributed by atoms with E-state index in [0.717, 1.165) is 12.8 Å². The molecule has 0 radical (unpaired) electrons. The van der Waals surface area contributed by atoms with E-state index in [2.05, 4.69) is 0 Å². The number of nitrogens with zero attached hydrogens (tertiary/aromatic N) is 2. The van der Waals surface area contributed by atoms with Crippen LogP contribution in [0.15, 0.2) is 0 Å². The van der Waals surface area contributed by atoms with E-state index in [1.165, 1.54) is 0 Å². The van der Waals surface area contributed by atoms with E-state index in [9.17, 15) is 9.59 Å². The van der Waals surface area contributed by atoms with E-state index in [-0.39, 0.29) is 12.3 Å². The topological polar surface area (TPSA) is 81.4 Å². The highest BCUT2D eigenvalue weighted by molar-refractivity contribution is 5.86. The monoisotopic (exact) mass is 210 g/mol. The Balaban J connectivity index is 2.29. The van der Waals surface area contributed by atoms with Crippen molar-refractivity contribution in [1.29, 1.82) is 5.26 Å². The van der Waals surface area contributed by atoms with Gasteiger partial charge >= 0.3 is 5.97 Å². The summed E-state index contributed by atoms with van der Waals surface area (Å²) in [6.07, 6.45) is 2.14. The highest BCUT2D eigenvalue weighted by Gasteiger charge is 2.33.